The van der Waals surface area contributed by atoms with Crippen molar-refractivity contribution in [2.75, 3.05) is 23.7 Å². The van der Waals surface area contributed by atoms with Gasteiger partial charge in [0, 0.05) is 18.0 Å². The van der Waals surface area contributed by atoms with Gasteiger partial charge >= 0.3 is 0 Å². The van der Waals surface area contributed by atoms with Crippen molar-refractivity contribution in [2.45, 2.75) is 34.1 Å². The predicted octanol–water partition coefficient (Wildman–Crippen LogP) is 3.89. The molecule has 0 bridgehead atoms. The number of aryl methyl sites for hydroxylation is 1. The molecule has 0 amide bonds. The largest absolute Gasteiger partial charge is 0.369 e. The van der Waals surface area contributed by atoms with E-state index >= 15 is 0 Å². The molecule has 2 heterocycles. The van der Waals surface area contributed by atoms with Crippen molar-refractivity contribution in [1.82, 2.24) is 9.97 Å². The first kappa shape index (κ1) is 13.6. The topological polar surface area (TPSA) is 49.8 Å². The van der Waals surface area contributed by atoms with Gasteiger partial charge in [0.1, 0.15) is 10.6 Å². The zero-order valence-electron chi connectivity index (χ0n) is 12.6. The average molecular weight is 290 g/mol. The van der Waals surface area contributed by atoms with Crippen LogP contribution in [0.2, 0.25) is 0 Å². The summed E-state index contributed by atoms with van der Waals surface area (Å²) in [6, 6.07) is 2.18. The van der Waals surface area contributed by atoms with E-state index in [0.29, 0.717) is 5.41 Å². The number of fused-ring (bicyclic) bond motifs is 1. The van der Waals surface area contributed by atoms with Gasteiger partial charge in [-0.1, -0.05) is 13.8 Å². The molecular formula is C15H22N4S. The quantitative estimate of drug-likeness (QED) is 0.877. The molecule has 5 heteroatoms. The summed E-state index contributed by atoms with van der Waals surface area (Å²) >= 11 is 1.72. The van der Waals surface area contributed by atoms with Crippen LogP contribution in [-0.4, -0.2) is 23.1 Å². The lowest BCUT2D eigenvalue weighted by atomic mass is 10.1. The Kier molecular flexibility index (Phi) is 3.32. The lowest BCUT2D eigenvalue weighted by Gasteiger charge is -2.10. The van der Waals surface area contributed by atoms with Crippen molar-refractivity contribution < 1.29 is 0 Å². The van der Waals surface area contributed by atoms with Crippen molar-refractivity contribution in [3.63, 3.8) is 0 Å². The number of thiophene rings is 1. The summed E-state index contributed by atoms with van der Waals surface area (Å²) in [5.41, 5.74) is 0.494. The highest BCUT2D eigenvalue weighted by Crippen LogP contribution is 2.51. The molecule has 1 fully saturated rings. The van der Waals surface area contributed by atoms with Crippen molar-refractivity contribution in [2.24, 2.45) is 11.3 Å². The molecule has 2 aromatic heterocycles. The SMILES string of the molecule is CCNc1nc(NCC2CC2(C)C)c2cc(C)sc2n1. The summed E-state index contributed by atoms with van der Waals surface area (Å²) in [7, 11) is 0. The number of nitrogens with zero attached hydrogens (tertiary/aromatic N) is 2. The molecule has 1 aliphatic rings. The van der Waals surface area contributed by atoms with Crippen molar-refractivity contribution >= 4 is 33.3 Å². The molecule has 0 radical (unpaired) electrons. The van der Waals surface area contributed by atoms with Crippen LogP contribution in [0.1, 0.15) is 32.1 Å². The summed E-state index contributed by atoms with van der Waals surface area (Å²) in [5.74, 6) is 2.45. The van der Waals surface area contributed by atoms with E-state index in [1.54, 1.807) is 11.3 Å². The summed E-state index contributed by atoms with van der Waals surface area (Å²) < 4.78 is 0. The highest BCUT2D eigenvalue weighted by molar-refractivity contribution is 7.18. The van der Waals surface area contributed by atoms with E-state index in [9.17, 15) is 0 Å². The molecule has 20 heavy (non-hydrogen) atoms. The molecule has 0 aromatic carbocycles. The molecule has 108 valence electrons. The van der Waals surface area contributed by atoms with Crippen LogP contribution in [0.5, 0.6) is 0 Å². The molecule has 1 saturated carbocycles. The maximum atomic E-state index is 4.62. The molecule has 0 aliphatic heterocycles. The van der Waals surface area contributed by atoms with E-state index in [2.05, 4.69) is 54.4 Å². The fourth-order valence-corrected chi connectivity index (χ4v) is 3.44. The molecule has 0 spiro atoms. The first-order valence-electron chi connectivity index (χ1n) is 7.25. The number of aromatic nitrogens is 2. The third-order valence-corrected chi connectivity index (χ3v) is 5.03. The Labute approximate surface area is 124 Å². The summed E-state index contributed by atoms with van der Waals surface area (Å²) in [5, 5.41) is 7.89. The minimum absolute atomic E-state index is 0.494. The third kappa shape index (κ3) is 2.59. The van der Waals surface area contributed by atoms with Crippen LogP contribution in [0.25, 0.3) is 10.2 Å². The second-order valence-electron chi connectivity index (χ2n) is 6.27. The maximum absolute atomic E-state index is 4.62. The molecule has 1 unspecified atom stereocenters. The van der Waals surface area contributed by atoms with Gasteiger partial charge in [-0.2, -0.15) is 4.98 Å². The Hall–Kier alpha value is -1.36. The van der Waals surface area contributed by atoms with Crippen LogP contribution >= 0.6 is 11.3 Å². The van der Waals surface area contributed by atoms with Crippen LogP contribution in [0.4, 0.5) is 11.8 Å². The monoisotopic (exact) mass is 290 g/mol. The summed E-state index contributed by atoms with van der Waals surface area (Å²) in [6.07, 6.45) is 1.30. The van der Waals surface area contributed by atoms with Gasteiger partial charge in [0.05, 0.1) is 5.39 Å². The van der Waals surface area contributed by atoms with E-state index in [1.807, 2.05) is 0 Å². The Morgan fingerprint density at radius 2 is 2.10 bits per heavy atom. The van der Waals surface area contributed by atoms with Gasteiger partial charge in [0.15, 0.2) is 0 Å². The van der Waals surface area contributed by atoms with Crippen molar-refractivity contribution in [1.29, 1.82) is 0 Å². The number of hydrogen-bond donors (Lipinski definition) is 2. The van der Waals surface area contributed by atoms with Gasteiger partial charge in [0.2, 0.25) is 5.95 Å². The number of nitrogens with one attached hydrogen (secondary N) is 2. The van der Waals surface area contributed by atoms with Gasteiger partial charge in [-0.15, -0.1) is 11.3 Å². The second-order valence-corrected chi connectivity index (χ2v) is 7.51. The average Bonchev–Trinajstić information content (AvgIpc) is 2.79. The fourth-order valence-electron chi connectivity index (χ4n) is 2.56. The molecule has 1 atom stereocenters. The Balaban J connectivity index is 1.86. The second kappa shape index (κ2) is 4.88. The summed E-state index contributed by atoms with van der Waals surface area (Å²) in [4.78, 5) is 11.5. The maximum Gasteiger partial charge on any atom is 0.226 e. The molecule has 2 N–H and O–H groups in total. The van der Waals surface area contributed by atoms with Gasteiger partial charge in [-0.05, 0) is 37.7 Å². The summed E-state index contributed by atoms with van der Waals surface area (Å²) in [6.45, 7) is 10.7. The van der Waals surface area contributed by atoms with Crippen LogP contribution in [-0.2, 0) is 0 Å². The van der Waals surface area contributed by atoms with Gasteiger partial charge in [-0.3, -0.25) is 0 Å². The smallest absolute Gasteiger partial charge is 0.226 e. The lowest BCUT2D eigenvalue weighted by Crippen LogP contribution is -2.10. The minimum Gasteiger partial charge on any atom is -0.369 e. The fraction of sp³-hybridized carbons (Fsp3) is 0.600. The van der Waals surface area contributed by atoms with Crippen LogP contribution in [0, 0.1) is 18.3 Å². The highest BCUT2D eigenvalue weighted by atomic mass is 32.1. The number of anilines is 2. The van der Waals surface area contributed by atoms with Gasteiger partial charge in [-0.25, -0.2) is 4.98 Å². The van der Waals surface area contributed by atoms with E-state index in [1.165, 1.54) is 11.3 Å². The standard InChI is InChI=1S/C15H22N4S/c1-5-16-14-18-12(17-8-10-7-15(10,3)4)11-6-9(2)20-13(11)19-14/h6,10H,5,7-8H2,1-4H3,(H2,16,17,18,19). The van der Waals surface area contributed by atoms with E-state index < -0.39 is 0 Å². The number of hydrogen-bond acceptors (Lipinski definition) is 5. The van der Waals surface area contributed by atoms with Crippen molar-refractivity contribution in [3.8, 4) is 0 Å². The Morgan fingerprint density at radius 1 is 1.35 bits per heavy atom. The van der Waals surface area contributed by atoms with Crippen LogP contribution < -0.4 is 10.6 Å². The highest BCUT2D eigenvalue weighted by Gasteiger charge is 2.45. The molecule has 1 aliphatic carbocycles. The molecule has 0 saturated heterocycles. The Bertz CT molecular complexity index is 632. The Morgan fingerprint density at radius 3 is 2.75 bits per heavy atom. The zero-order chi connectivity index (χ0) is 14.3. The molecule has 4 nitrogen and oxygen atoms in total. The van der Waals surface area contributed by atoms with E-state index in [-0.39, 0.29) is 0 Å². The van der Waals surface area contributed by atoms with E-state index in [0.717, 1.165) is 41.0 Å². The van der Waals surface area contributed by atoms with E-state index in [4.69, 9.17) is 0 Å². The zero-order valence-corrected chi connectivity index (χ0v) is 13.4. The predicted molar refractivity (Wildman–Crippen MR) is 86.7 cm³/mol. The normalized spacial score (nSPS) is 20.1. The number of rotatable bonds is 5. The lowest BCUT2D eigenvalue weighted by molar-refractivity contribution is 0.573. The van der Waals surface area contributed by atoms with Gasteiger partial charge < -0.3 is 10.6 Å². The van der Waals surface area contributed by atoms with Crippen LogP contribution in [0.15, 0.2) is 6.07 Å². The molecular weight excluding hydrogens is 268 g/mol. The minimum atomic E-state index is 0.494. The molecule has 2 aromatic rings. The first-order chi connectivity index (χ1) is 9.49. The first-order valence-corrected chi connectivity index (χ1v) is 8.07. The van der Waals surface area contributed by atoms with Crippen LogP contribution in [0.3, 0.4) is 0 Å². The van der Waals surface area contributed by atoms with Crippen molar-refractivity contribution in [3.05, 3.63) is 10.9 Å². The third-order valence-electron chi connectivity index (χ3n) is 4.08. The molecule has 3 rings (SSSR count). The van der Waals surface area contributed by atoms with Gasteiger partial charge in [0.25, 0.3) is 0 Å².